The van der Waals surface area contributed by atoms with Crippen LogP contribution in [0.5, 0.6) is 0 Å². The molecule has 1 unspecified atom stereocenters. The Balaban J connectivity index is 2.55. The second-order valence-corrected chi connectivity index (χ2v) is 3.88. The van der Waals surface area contributed by atoms with Crippen molar-refractivity contribution in [2.24, 2.45) is 5.73 Å². The van der Waals surface area contributed by atoms with Crippen LogP contribution in [-0.4, -0.2) is 21.1 Å². The maximum absolute atomic E-state index is 5.90. The second kappa shape index (κ2) is 4.16. The third-order valence-corrected chi connectivity index (χ3v) is 2.74. The van der Waals surface area contributed by atoms with Gasteiger partial charge in [-0.15, -0.1) is 0 Å². The van der Waals surface area contributed by atoms with Crippen molar-refractivity contribution < 1.29 is 0 Å². The van der Waals surface area contributed by atoms with E-state index in [1.54, 1.807) is 12.5 Å². The Morgan fingerprint density at radius 1 is 1.53 bits per heavy atom. The number of halogens is 1. The number of aromatic nitrogens is 3. The molecule has 0 radical (unpaired) electrons. The second-order valence-electron chi connectivity index (χ2n) is 3.45. The summed E-state index contributed by atoms with van der Waals surface area (Å²) in [6, 6.07) is 2.13. The fraction of sp³-hybridized carbons (Fsp3) is 0.400. The van der Waals surface area contributed by atoms with E-state index in [4.69, 9.17) is 17.3 Å². The molecular formula is C10H13ClN4. The number of hydrogen-bond donors (Lipinski definition) is 1. The average molecular weight is 225 g/mol. The lowest BCUT2D eigenvalue weighted by Crippen LogP contribution is -2.17. The molecule has 2 aromatic heterocycles. The third kappa shape index (κ3) is 1.82. The van der Waals surface area contributed by atoms with Crippen LogP contribution in [0.1, 0.15) is 19.4 Å². The predicted octanol–water partition coefficient (Wildman–Crippen LogP) is 1.99. The Morgan fingerprint density at radius 3 is 3.00 bits per heavy atom. The molecular weight excluding hydrogens is 212 g/mol. The predicted molar refractivity (Wildman–Crippen MR) is 60.9 cm³/mol. The van der Waals surface area contributed by atoms with Gasteiger partial charge in [0.05, 0.1) is 16.9 Å². The van der Waals surface area contributed by atoms with E-state index < -0.39 is 0 Å². The molecule has 0 aliphatic rings. The summed E-state index contributed by atoms with van der Waals surface area (Å²) in [6.45, 7) is 2.69. The first-order chi connectivity index (χ1) is 7.26. The minimum atomic E-state index is 0.260. The molecule has 5 heteroatoms. The van der Waals surface area contributed by atoms with Crippen molar-refractivity contribution in [2.75, 3.05) is 6.54 Å². The minimum Gasteiger partial charge on any atom is -0.328 e. The monoisotopic (exact) mass is 224 g/mol. The van der Waals surface area contributed by atoms with E-state index in [9.17, 15) is 0 Å². The number of hydrogen-bond acceptors (Lipinski definition) is 3. The van der Waals surface area contributed by atoms with Crippen molar-refractivity contribution in [2.45, 2.75) is 19.4 Å². The van der Waals surface area contributed by atoms with Crippen LogP contribution in [-0.2, 0) is 0 Å². The summed E-state index contributed by atoms with van der Waals surface area (Å²) in [7, 11) is 0. The van der Waals surface area contributed by atoms with Crippen LogP contribution >= 0.6 is 11.6 Å². The molecule has 0 aromatic carbocycles. The molecule has 80 valence electrons. The van der Waals surface area contributed by atoms with E-state index in [0.29, 0.717) is 17.2 Å². The molecule has 0 bridgehead atoms. The molecule has 0 aliphatic heterocycles. The van der Waals surface area contributed by atoms with Gasteiger partial charge in [-0.05, 0) is 12.5 Å². The Kier molecular flexibility index (Phi) is 2.88. The minimum absolute atomic E-state index is 0.260. The van der Waals surface area contributed by atoms with Crippen LogP contribution in [0.25, 0.3) is 11.2 Å². The topological polar surface area (TPSA) is 56.7 Å². The van der Waals surface area contributed by atoms with Crippen LogP contribution in [0, 0.1) is 0 Å². The zero-order chi connectivity index (χ0) is 10.8. The van der Waals surface area contributed by atoms with E-state index in [1.165, 1.54) is 0 Å². The van der Waals surface area contributed by atoms with Crippen molar-refractivity contribution >= 4 is 22.8 Å². The summed E-state index contributed by atoms with van der Waals surface area (Å²) in [5.74, 6) is 0. The van der Waals surface area contributed by atoms with Gasteiger partial charge < -0.3 is 10.3 Å². The summed E-state index contributed by atoms with van der Waals surface area (Å²) in [4.78, 5) is 8.36. The largest absolute Gasteiger partial charge is 0.328 e. The van der Waals surface area contributed by atoms with Gasteiger partial charge in [0.15, 0.2) is 5.65 Å². The lowest BCUT2D eigenvalue weighted by molar-refractivity contribution is 0.508. The molecule has 0 saturated heterocycles. The fourth-order valence-electron chi connectivity index (χ4n) is 1.66. The smallest absolute Gasteiger partial charge is 0.177 e. The van der Waals surface area contributed by atoms with Crippen molar-refractivity contribution in [1.82, 2.24) is 14.5 Å². The van der Waals surface area contributed by atoms with Gasteiger partial charge in [-0.1, -0.05) is 18.5 Å². The van der Waals surface area contributed by atoms with E-state index in [-0.39, 0.29) is 6.04 Å². The molecule has 0 saturated carbocycles. The van der Waals surface area contributed by atoms with Gasteiger partial charge in [0, 0.05) is 18.8 Å². The van der Waals surface area contributed by atoms with Gasteiger partial charge in [-0.2, -0.15) is 0 Å². The van der Waals surface area contributed by atoms with Gasteiger partial charge in [0.2, 0.25) is 0 Å². The number of fused-ring (bicyclic) bond motifs is 1. The standard InChI is InChI=1S/C10H13ClN4/c1-2-8(4-12)15-6-14-10-9(15)3-7(11)5-13-10/h3,5-6,8H,2,4,12H2,1H3. The van der Waals surface area contributed by atoms with E-state index in [1.807, 2.05) is 10.6 Å². The summed E-state index contributed by atoms with van der Waals surface area (Å²) >= 11 is 5.90. The first-order valence-electron chi connectivity index (χ1n) is 4.94. The molecule has 2 heterocycles. The molecule has 0 spiro atoms. The maximum atomic E-state index is 5.90. The number of pyridine rings is 1. The Labute approximate surface area is 93.1 Å². The first-order valence-corrected chi connectivity index (χ1v) is 5.32. The molecule has 1 atom stereocenters. The van der Waals surface area contributed by atoms with Crippen LogP contribution in [0.3, 0.4) is 0 Å². The van der Waals surface area contributed by atoms with Crippen LogP contribution in [0.15, 0.2) is 18.6 Å². The lowest BCUT2D eigenvalue weighted by atomic mass is 10.2. The van der Waals surface area contributed by atoms with Crippen molar-refractivity contribution in [3.63, 3.8) is 0 Å². The Hall–Kier alpha value is -1.13. The normalized spacial score (nSPS) is 13.3. The van der Waals surface area contributed by atoms with Crippen molar-refractivity contribution in [3.05, 3.63) is 23.6 Å². The maximum Gasteiger partial charge on any atom is 0.177 e. The van der Waals surface area contributed by atoms with Gasteiger partial charge in [-0.25, -0.2) is 9.97 Å². The number of nitrogens with zero attached hydrogens (tertiary/aromatic N) is 3. The molecule has 15 heavy (non-hydrogen) atoms. The van der Waals surface area contributed by atoms with Crippen LogP contribution < -0.4 is 5.73 Å². The summed E-state index contributed by atoms with van der Waals surface area (Å²) in [6.07, 6.45) is 4.34. The van der Waals surface area contributed by atoms with Gasteiger partial charge >= 0.3 is 0 Å². The molecule has 0 aliphatic carbocycles. The molecule has 2 aromatic rings. The quantitative estimate of drug-likeness (QED) is 0.868. The summed E-state index contributed by atoms with van der Waals surface area (Å²) in [5.41, 5.74) is 7.36. The molecule has 0 amide bonds. The number of nitrogens with two attached hydrogens (primary N) is 1. The first kappa shape index (κ1) is 10.4. The summed E-state index contributed by atoms with van der Waals surface area (Å²) in [5, 5.41) is 0.621. The number of rotatable bonds is 3. The summed E-state index contributed by atoms with van der Waals surface area (Å²) < 4.78 is 2.04. The average Bonchev–Trinajstić information content (AvgIpc) is 2.64. The lowest BCUT2D eigenvalue weighted by Gasteiger charge is -2.14. The van der Waals surface area contributed by atoms with E-state index in [0.717, 1.165) is 11.9 Å². The number of imidazole rings is 1. The van der Waals surface area contributed by atoms with E-state index >= 15 is 0 Å². The van der Waals surface area contributed by atoms with E-state index in [2.05, 4.69) is 16.9 Å². The Bertz CT molecular complexity index is 461. The fourth-order valence-corrected chi connectivity index (χ4v) is 1.81. The molecule has 4 nitrogen and oxygen atoms in total. The SMILES string of the molecule is CCC(CN)n1cnc2ncc(Cl)cc21. The molecule has 2 N–H and O–H groups in total. The van der Waals surface area contributed by atoms with Gasteiger partial charge in [-0.3, -0.25) is 0 Å². The Morgan fingerprint density at radius 2 is 2.33 bits per heavy atom. The van der Waals surface area contributed by atoms with Crippen LogP contribution in [0.4, 0.5) is 0 Å². The molecule has 2 rings (SSSR count). The highest BCUT2D eigenvalue weighted by Gasteiger charge is 2.11. The highest BCUT2D eigenvalue weighted by molar-refractivity contribution is 6.31. The third-order valence-electron chi connectivity index (χ3n) is 2.53. The van der Waals surface area contributed by atoms with Gasteiger partial charge in [0.25, 0.3) is 0 Å². The zero-order valence-corrected chi connectivity index (χ0v) is 9.28. The highest BCUT2D eigenvalue weighted by atomic mass is 35.5. The van der Waals surface area contributed by atoms with Crippen molar-refractivity contribution in [3.8, 4) is 0 Å². The van der Waals surface area contributed by atoms with Gasteiger partial charge in [0.1, 0.15) is 0 Å². The highest BCUT2D eigenvalue weighted by Crippen LogP contribution is 2.20. The molecule has 0 fully saturated rings. The van der Waals surface area contributed by atoms with Crippen LogP contribution in [0.2, 0.25) is 5.02 Å². The van der Waals surface area contributed by atoms with Crippen molar-refractivity contribution in [1.29, 1.82) is 0 Å². The zero-order valence-electron chi connectivity index (χ0n) is 8.52.